The molecule has 0 saturated carbocycles. The van der Waals surface area contributed by atoms with E-state index in [9.17, 15) is 0 Å². The lowest BCUT2D eigenvalue weighted by Gasteiger charge is -2.32. The summed E-state index contributed by atoms with van der Waals surface area (Å²) in [4.78, 5) is 2.48. The predicted molar refractivity (Wildman–Crippen MR) is 333 cm³/mol. The summed E-state index contributed by atoms with van der Waals surface area (Å²) in [5.41, 5.74) is 26.9. The molecule has 2 nitrogen and oxygen atoms in total. The molecule has 1 atom stereocenters. The molecule has 1 spiro atoms. The molecule has 12 aromatic carbocycles. The molecule has 2 aromatic heterocycles. The van der Waals surface area contributed by atoms with Gasteiger partial charge in [-0.05, 0) is 132 Å². The number of para-hydroxylation sites is 1. The molecule has 0 bridgehead atoms. The second kappa shape index (κ2) is 16.5. The number of thiophene rings is 1. The molecular formula is C76H50N2S. The van der Waals surface area contributed by atoms with Gasteiger partial charge in [0.1, 0.15) is 0 Å². The summed E-state index contributed by atoms with van der Waals surface area (Å²) in [6.45, 7) is 4.75. The van der Waals surface area contributed by atoms with Crippen LogP contribution in [0.1, 0.15) is 47.2 Å². The fourth-order valence-electron chi connectivity index (χ4n) is 14.7. The Morgan fingerprint density at radius 3 is 1.72 bits per heavy atom. The zero-order valence-corrected chi connectivity index (χ0v) is 44.5. The standard InChI is InChI=1S/C76H50N2S/c1-75(2)63-30-11-6-21-52(63)54-43-41-50(45-67(54)75)77(49-39-37-48(38-40-49)47-19-4-3-5-20-47)51-42-44-56-55-23-9-14-34-68(55)78(70(56)46-51)69-35-18-27-59-53-22-7-12-31-64(53)76(73(59)69)65-32-13-8-25-62(65)72-58(26-17-33-66(72)76)61-29-16-28-60-57-24-10-15-36-71(57)79-74(60)61/h3-46H,1-2H3. The number of anilines is 3. The molecule has 3 heteroatoms. The van der Waals surface area contributed by atoms with Gasteiger partial charge in [-0.15, -0.1) is 11.3 Å². The van der Waals surface area contributed by atoms with Gasteiger partial charge in [-0.2, -0.15) is 0 Å². The van der Waals surface area contributed by atoms with Crippen LogP contribution >= 0.6 is 11.3 Å². The first-order valence-corrected chi connectivity index (χ1v) is 28.4. The summed E-state index contributed by atoms with van der Waals surface area (Å²) in [5, 5.41) is 5.08. The average Bonchev–Trinajstić information content (AvgIpc) is 2.49. The highest BCUT2D eigenvalue weighted by Crippen LogP contribution is 2.66. The third kappa shape index (κ3) is 6.06. The van der Waals surface area contributed by atoms with Crippen LogP contribution in [0.3, 0.4) is 0 Å². The highest BCUT2D eigenvalue weighted by molar-refractivity contribution is 7.26. The maximum atomic E-state index is 2.60. The Labute approximate surface area is 463 Å². The lowest BCUT2D eigenvalue weighted by Crippen LogP contribution is -2.27. The van der Waals surface area contributed by atoms with E-state index in [0.29, 0.717) is 0 Å². The highest BCUT2D eigenvalue weighted by atomic mass is 32.1. The lowest BCUT2D eigenvalue weighted by atomic mass is 9.70. The van der Waals surface area contributed by atoms with Gasteiger partial charge in [0.15, 0.2) is 0 Å². The van der Waals surface area contributed by atoms with Gasteiger partial charge in [-0.3, -0.25) is 0 Å². The van der Waals surface area contributed by atoms with Crippen molar-refractivity contribution in [1.82, 2.24) is 4.57 Å². The van der Waals surface area contributed by atoms with Crippen molar-refractivity contribution in [2.75, 3.05) is 4.90 Å². The number of benzene rings is 12. The van der Waals surface area contributed by atoms with Gasteiger partial charge in [0.25, 0.3) is 0 Å². The molecule has 3 aliphatic rings. The molecule has 1 unspecified atom stereocenters. The Hall–Kier alpha value is -9.54. The van der Waals surface area contributed by atoms with E-state index in [1.807, 2.05) is 11.3 Å². The fourth-order valence-corrected chi connectivity index (χ4v) is 15.9. The Morgan fingerprint density at radius 1 is 0.342 bits per heavy atom. The quantitative estimate of drug-likeness (QED) is 0.161. The van der Waals surface area contributed by atoms with Gasteiger partial charge >= 0.3 is 0 Å². The van der Waals surface area contributed by atoms with E-state index in [1.165, 1.54) is 131 Å². The number of hydrogen-bond donors (Lipinski definition) is 0. The number of rotatable bonds is 6. The van der Waals surface area contributed by atoms with Crippen LogP contribution in [-0.2, 0) is 10.8 Å². The van der Waals surface area contributed by atoms with Crippen LogP contribution in [0.2, 0.25) is 0 Å². The van der Waals surface area contributed by atoms with Crippen LogP contribution in [-0.4, -0.2) is 4.57 Å². The third-order valence-electron chi connectivity index (χ3n) is 18.0. The third-order valence-corrected chi connectivity index (χ3v) is 19.2. The molecule has 2 heterocycles. The van der Waals surface area contributed by atoms with Crippen molar-refractivity contribution in [2.24, 2.45) is 0 Å². The molecule has 0 fully saturated rings. The minimum absolute atomic E-state index is 0.160. The topological polar surface area (TPSA) is 8.17 Å². The van der Waals surface area contributed by atoms with Gasteiger partial charge in [-0.25, -0.2) is 0 Å². The normalized spacial score (nSPS) is 15.1. The van der Waals surface area contributed by atoms with E-state index >= 15 is 0 Å². The van der Waals surface area contributed by atoms with E-state index in [1.54, 1.807) is 0 Å². The van der Waals surface area contributed by atoms with E-state index in [2.05, 4.69) is 290 Å². The average molecular weight is 1020 g/mol. The van der Waals surface area contributed by atoms with Crippen molar-refractivity contribution in [3.63, 3.8) is 0 Å². The van der Waals surface area contributed by atoms with Gasteiger partial charge in [0, 0.05) is 64.5 Å². The Morgan fingerprint density at radius 2 is 0.886 bits per heavy atom. The zero-order chi connectivity index (χ0) is 52.1. The summed E-state index contributed by atoms with van der Waals surface area (Å²) in [6, 6.07) is 101. The van der Waals surface area contributed by atoms with Crippen LogP contribution in [0.25, 0.3) is 103 Å². The van der Waals surface area contributed by atoms with Crippen molar-refractivity contribution in [1.29, 1.82) is 0 Å². The van der Waals surface area contributed by atoms with Gasteiger partial charge < -0.3 is 9.47 Å². The van der Waals surface area contributed by atoms with Gasteiger partial charge in [-0.1, -0.05) is 226 Å². The molecule has 0 radical (unpaired) electrons. The maximum absolute atomic E-state index is 2.60. The SMILES string of the molecule is CC1(C)c2ccccc2-c2ccc(N(c3ccc(-c4ccccc4)cc3)c3ccc4c5ccccc5n(-c5cccc6c5C5(c7ccccc7-6)c6ccccc6-c6c(-c7cccc8c7sc7ccccc78)cccc65)c4c3)cc21. The first-order valence-electron chi connectivity index (χ1n) is 27.6. The van der Waals surface area contributed by atoms with E-state index in [4.69, 9.17) is 0 Å². The first-order chi connectivity index (χ1) is 39.0. The lowest BCUT2D eigenvalue weighted by molar-refractivity contribution is 0.660. The van der Waals surface area contributed by atoms with Crippen LogP contribution in [0.15, 0.2) is 267 Å². The molecule has 0 saturated heterocycles. The van der Waals surface area contributed by atoms with Gasteiger partial charge in [0.05, 0.1) is 22.1 Å². The van der Waals surface area contributed by atoms with Crippen molar-refractivity contribution in [3.05, 3.63) is 300 Å². The highest BCUT2D eigenvalue weighted by Gasteiger charge is 2.53. The van der Waals surface area contributed by atoms with Crippen molar-refractivity contribution < 1.29 is 0 Å². The number of nitrogens with zero attached hydrogens (tertiary/aromatic N) is 2. The van der Waals surface area contributed by atoms with E-state index < -0.39 is 5.41 Å². The second-order valence-corrected chi connectivity index (χ2v) is 23.3. The molecule has 79 heavy (non-hydrogen) atoms. The number of hydrogen-bond acceptors (Lipinski definition) is 2. The molecule has 370 valence electrons. The Kier molecular flexibility index (Phi) is 9.30. The monoisotopic (exact) mass is 1020 g/mol. The van der Waals surface area contributed by atoms with E-state index in [-0.39, 0.29) is 5.41 Å². The first kappa shape index (κ1) is 44.6. The van der Waals surface area contributed by atoms with E-state index in [0.717, 1.165) is 22.6 Å². The largest absolute Gasteiger partial charge is 0.310 e. The summed E-state index contributed by atoms with van der Waals surface area (Å²) in [7, 11) is 0. The molecular weight excluding hydrogens is 973 g/mol. The molecule has 3 aliphatic carbocycles. The second-order valence-electron chi connectivity index (χ2n) is 22.3. The summed E-state index contributed by atoms with van der Waals surface area (Å²) in [6.07, 6.45) is 0. The van der Waals surface area contributed by atoms with Crippen molar-refractivity contribution in [3.8, 4) is 61.3 Å². The van der Waals surface area contributed by atoms with Crippen LogP contribution in [0, 0.1) is 0 Å². The molecule has 0 amide bonds. The molecule has 0 N–H and O–H groups in total. The molecule has 17 rings (SSSR count). The molecule has 0 aliphatic heterocycles. The summed E-state index contributed by atoms with van der Waals surface area (Å²) < 4.78 is 5.25. The van der Waals surface area contributed by atoms with Crippen molar-refractivity contribution >= 4 is 70.4 Å². The fraction of sp³-hybridized carbons (Fsp3) is 0.0526. The van der Waals surface area contributed by atoms with Crippen LogP contribution in [0.4, 0.5) is 17.1 Å². The minimum Gasteiger partial charge on any atom is -0.310 e. The smallest absolute Gasteiger partial charge is 0.0746 e. The summed E-state index contributed by atoms with van der Waals surface area (Å²) >= 11 is 1.91. The molecule has 14 aromatic rings. The minimum atomic E-state index is -0.616. The zero-order valence-electron chi connectivity index (χ0n) is 43.7. The maximum Gasteiger partial charge on any atom is 0.0746 e. The van der Waals surface area contributed by atoms with Crippen LogP contribution in [0.5, 0.6) is 0 Å². The predicted octanol–water partition coefficient (Wildman–Crippen LogP) is 20.6. The van der Waals surface area contributed by atoms with Crippen LogP contribution < -0.4 is 4.90 Å². The number of aromatic nitrogens is 1. The van der Waals surface area contributed by atoms with Gasteiger partial charge in [0.2, 0.25) is 0 Å². The summed E-state index contributed by atoms with van der Waals surface area (Å²) in [5.74, 6) is 0. The number of fused-ring (bicyclic) bond motifs is 19. The Bertz CT molecular complexity index is 4880. The van der Waals surface area contributed by atoms with Crippen molar-refractivity contribution in [2.45, 2.75) is 24.7 Å². The Balaban J connectivity index is 0.918.